The highest BCUT2D eigenvalue weighted by molar-refractivity contribution is 7.89. The molecule has 1 heterocycles. The van der Waals surface area contributed by atoms with E-state index < -0.39 is 10.0 Å². The maximum atomic E-state index is 13.0. The minimum atomic E-state index is -4.03. The predicted octanol–water partition coefficient (Wildman–Crippen LogP) is 3.95. The van der Waals surface area contributed by atoms with Gasteiger partial charge in [-0.2, -0.15) is 23.4 Å². The number of benzene rings is 3. The summed E-state index contributed by atoms with van der Waals surface area (Å²) in [5.74, 6) is 1.72. The quantitative estimate of drug-likeness (QED) is 0.228. The molecular formula is C27H28N4O6S. The van der Waals surface area contributed by atoms with Gasteiger partial charge in [-0.25, -0.2) is 0 Å². The van der Waals surface area contributed by atoms with Crippen LogP contribution in [0, 0.1) is 0 Å². The Hall–Kier alpha value is -4.51. The number of aromatic nitrogens is 2. The van der Waals surface area contributed by atoms with Gasteiger partial charge in [0.1, 0.15) is 22.1 Å². The zero-order valence-corrected chi connectivity index (χ0v) is 22.2. The van der Waals surface area contributed by atoms with E-state index in [2.05, 4.69) is 9.93 Å². The molecule has 0 aliphatic carbocycles. The fraction of sp³-hybridized carbons (Fsp3) is 0.185. The molecule has 11 heteroatoms. The van der Waals surface area contributed by atoms with Gasteiger partial charge in [0.05, 0.1) is 41.2 Å². The van der Waals surface area contributed by atoms with Gasteiger partial charge in [0.2, 0.25) is 0 Å². The Morgan fingerprint density at radius 3 is 2.29 bits per heavy atom. The lowest BCUT2D eigenvalue weighted by molar-refractivity contribution is 0.355. The molecule has 0 amide bonds. The van der Waals surface area contributed by atoms with Gasteiger partial charge in [-0.3, -0.25) is 4.68 Å². The summed E-state index contributed by atoms with van der Waals surface area (Å²) in [6, 6.07) is 19.7. The van der Waals surface area contributed by atoms with E-state index in [1.165, 1.54) is 38.6 Å². The van der Waals surface area contributed by atoms with E-state index in [9.17, 15) is 8.42 Å². The summed E-state index contributed by atoms with van der Waals surface area (Å²) in [6.07, 6.45) is 3.21. The van der Waals surface area contributed by atoms with Crippen molar-refractivity contribution in [3.05, 3.63) is 84.1 Å². The summed E-state index contributed by atoms with van der Waals surface area (Å²) >= 11 is 0. The summed E-state index contributed by atoms with van der Waals surface area (Å²) in [4.78, 5) is 2.18. The Morgan fingerprint density at radius 2 is 1.61 bits per heavy atom. The SMILES string of the molecule is COc1ccc(S(=O)(=O)N/N=C\c2cn(Cc3ccccc3)nc2-c2ccc(OC)c(OC)c2)c(OC)c1. The summed E-state index contributed by atoms with van der Waals surface area (Å²) in [5, 5.41) is 8.78. The van der Waals surface area contributed by atoms with E-state index in [1.54, 1.807) is 37.2 Å². The van der Waals surface area contributed by atoms with Crippen LogP contribution < -0.4 is 23.8 Å². The molecule has 38 heavy (non-hydrogen) atoms. The second-order valence-corrected chi connectivity index (χ2v) is 9.68. The Morgan fingerprint density at radius 1 is 0.868 bits per heavy atom. The predicted molar refractivity (Wildman–Crippen MR) is 144 cm³/mol. The Bertz CT molecular complexity index is 1530. The maximum absolute atomic E-state index is 13.0. The highest BCUT2D eigenvalue weighted by atomic mass is 32.2. The number of nitrogens with one attached hydrogen (secondary N) is 1. The first kappa shape index (κ1) is 26.6. The van der Waals surface area contributed by atoms with E-state index in [1.807, 2.05) is 36.4 Å². The fourth-order valence-electron chi connectivity index (χ4n) is 3.80. The van der Waals surface area contributed by atoms with Crippen molar-refractivity contribution in [3.8, 4) is 34.3 Å². The Kier molecular flexibility index (Phi) is 8.17. The number of hydrazone groups is 1. The van der Waals surface area contributed by atoms with Gasteiger partial charge in [-0.05, 0) is 35.9 Å². The smallest absolute Gasteiger partial charge is 0.280 e. The third-order valence-electron chi connectivity index (χ3n) is 5.67. The van der Waals surface area contributed by atoms with Gasteiger partial charge in [-0.1, -0.05) is 30.3 Å². The van der Waals surface area contributed by atoms with Crippen LogP contribution in [-0.2, 0) is 16.6 Å². The normalized spacial score (nSPS) is 11.4. The molecule has 0 spiro atoms. The molecule has 0 bridgehead atoms. The van der Waals surface area contributed by atoms with Crippen LogP contribution in [0.4, 0.5) is 0 Å². The lowest BCUT2D eigenvalue weighted by atomic mass is 10.1. The molecule has 0 saturated heterocycles. The third kappa shape index (κ3) is 5.89. The number of hydrogen-bond donors (Lipinski definition) is 1. The molecule has 4 rings (SSSR count). The first-order valence-electron chi connectivity index (χ1n) is 11.5. The number of nitrogens with zero attached hydrogens (tertiary/aromatic N) is 3. The number of ether oxygens (including phenoxy) is 4. The van der Waals surface area contributed by atoms with E-state index in [0.29, 0.717) is 35.1 Å². The summed E-state index contributed by atoms with van der Waals surface area (Å²) in [7, 11) is 1.96. The topological polar surface area (TPSA) is 113 Å². The highest BCUT2D eigenvalue weighted by Gasteiger charge is 2.20. The van der Waals surface area contributed by atoms with Crippen LogP contribution in [0.1, 0.15) is 11.1 Å². The standard InChI is InChI=1S/C27H28N4O6S/c1-34-22-11-13-26(25(15-22)37-4)38(32,33)30-28-16-21-18-31(17-19-8-6-5-7-9-19)29-27(21)20-10-12-23(35-2)24(14-20)36-3/h5-16,18,30H,17H2,1-4H3/b28-16-. The second kappa shape index (κ2) is 11.7. The van der Waals surface area contributed by atoms with Crippen LogP contribution >= 0.6 is 0 Å². The minimum absolute atomic E-state index is 0.0714. The van der Waals surface area contributed by atoms with E-state index >= 15 is 0 Å². The van der Waals surface area contributed by atoms with Gasteiger partial charge in [0.25, 0.3) is 10.0 Å². The number of methoxy groups -OCH3 is 4. The lowest BCUT2D eigenvalue weighted by Crippen LogP contribution is -2.19. The van der Waals surface area contributed by atoms with Crippen molar-refractivity contribution < 1.29 is 27.4 Å². The van der Waals surface area contributed by atoms with Crippen LogP contribution in [-0.4, -0.2) is 52.9 Å². The third-order valence-corrected chi connectivity index (χ3v) is 6.93. The average molecular weight is 537 g/mol. The molecule has 4 aromatic rings. The molecule has 3 aromatic carbocycles. The molecule has 0 aliphatic heterocycles. The van der Waals surface area contributed by atoms with Gasteiger partial charge < -0.3 is 18.9 Å². The average Bonchev–Trinajstić information content (AvgIpc) is 3.34. The monoisotopic (exact) mass is 536 g/mol. The molecule has 1 aromatic heterocycles. The Labute approximate surface area is 221 Å². The van der Waals surface area contributed by atoms with Crippen molar-refractivity contribution in [1.82, 2.24) is 14.6 Å². The fourth-order valence-corrected chi connectivity index (χ4v) is 4.75. The molecule has 0 atom stereocenters. The number of hydrogen-bond acceptors (Lipinski definition) is 8. The van der Waals surface area contributed by atoms with E-state index in [-0.39, 0.29) is 10.6 Å². The van der Waals surface area contributed by atoms with Crippen molar-refractivity contribution in [1.29, 1.82) is 0 Å². The van der Waals surface area contributed by atoms with Crippen molar-refractivity contribution in [2.24, 2.45) is 5.10 Å². The molecule has 0 radical (unpaired) electrons. The van der Waals surface area contributed by atoms with Crippen molar-refractivity contribution >= 4 is 16.2 Å². The van der Waals surface area contributed by atoms with Crippen LogP contribution in [0.3, 0.4) is 0 Å². The minimum Gasteiger partial charge on any atom is -0.497 e. The molecule has 10 nitrogen and oxygen atoms in total. The van der Waals surface area contributed by atoms with E-state index in [4.69, 9.17) is 24.0 Å². The largest absolute Gasteiger partial charge is 0.497 e. The van der Waals surface area contributed by atoms with Crippen molar-refractivity contribution in [3.63, 3.8) is 0 Å². The van der Waals surface area contributed by atoms with Gasteiger partial charge >= 0.3 is 0 Å². The van der Waals surface area contributed by atoms with Crippen LogP contribution in [0.5, 0.6) is 23.0 Å². The maximum Gasteiger partial charge on any atom is 0.280 e. The molecule has 198 valence electrons. The second-order valence-electron chi connectivity index (χ2n) is 8.06. The first-order valence-corrected chi connectivity index (χ1v) is 13.0. The Balaban J connectivity index is 1.68. The first-order chi connectivity index (χ1) is 18.4. The summed E-state index contributed by atoms with van der Waals surface area (Å²) in [6.45, 7) is 0.518. The molecule has 0 saturated carbocycles. The summed E-state index contributed by atoms with van der Waals surface area (Å²) in [5.41, 5.74) is 2.99. The summed E-state index contributed by atoms with van der Waals surface area (Å²) < 4.78 is 48.9. The molecule has 0 unspecified atom stereocenters. The van der Waals surface area contributed by atoms with E-state index in [0.717, 1.165) is 11.1 Å². The molecule has 0 aliphatic rings. The van der Waals surface area contributed by atoms with Gasteiger partial charge in [0.15, 0.2) is 11.5 Å². The zero-order valence-electron chi connectivity index (χ0n) is 21.4. The van der Waals surface area contributed by atoms with Crippen molar-refractivity contribution in [2.45, 2.75) is 11.4 Å². The highest BCUT2D eigenvalue weighted by Crippen LogP contribution is 2.33. The van der Waals surface area contributed by atoms with Crippen molar-refractivity contribution in [2.75, 3.05) is 28.4 Å². The molecule has 1 N–H and O–H groups in total. The number of rotatable bonds is 11. The van der Waals surface area contributed by atoms with Crippen LogP contribution in [0.2, 0.25) is 0 Å². The molecular weight excluding hydrogens is 508 g/mol. The van der Waals surface area contributed by atoms with Crippen LogP contribution in [0.15, 0.2) is 82.9 Å². The van der Waals surface area contributed by atoms with Gasteiger partial charge in [-0.15, -0.1) is 0 Å². The molecule has 0 fully saturated rings. The lowest BCUT2D eigenvalue weighted by Gasteiger charge is -2.10. The van der Waals surface area contributed by atoms with Crippen LogP contribution in [0.25, 0.3) is 11.3 Å². The zero-order chi connectivity index (χ0) is 27.1. The number of sulfonamides is 1. The van der Waals surface area contributed by atoms with Gasteiger partial charge in [0, 0.05) is 23.4 Å².